The zero-order valence-corrected chi connectivity index (χ0v) is 10.1. The lowest BCUT2D eigenvalue weighted by Crippen LogP contribution is -2.01. The molecule has 0 saturated carbocycles. The molecule has 2 aromatic carbocycles. The van der Waals surface area contributed by atoms with Crippen LogP contribution in [-0.4, -0.2) is 5.78 Å². The van der Waals surface area contributed by atoms with Gasteiger partial charge in [-0.1, -0.05) is 60.7 Å². The fraction of sp³-hybridized carbons (Fsp3) is 0.0625. The molecule has 2 aromatic rings. The van der Waals surface area contributed by atoms with Gasteiger partial charge in [-0.25, -0.2) is 4.39 Å². The summed E-state index contributed by atoms with van der Waals surface area (Å²) >= 11 is 0. The smallest absolute Gasteiger partial charge is 0.221 e. The minimum atomic E-state index is -0.701. The summed E-state index contributed by atoms with van der Waals surface area (Å²) in [6, 6.07) is 17.5. The monoisotopic (exact) mass is 240 g/mol. The number of Topliss-reactive ketones (excluding diaryl/α,β-unsaturated/α-hetero) is 1. The van der Waals surface area contributed by atoms with Crippen molar-refractivity contribution in [3.05, 3.63) is 77.6 Å². The number of benzene rings is 2. The predicted octanol–water partition coefficient (Wildman–Crippen LogP) is 4.27. The highest BCUT2D eigenvalue weighted by Gasteiger charge is 2.15. The van der Waals surface area contributed by atoms with E-state index in [2.05, 4.69) is 0 Å². The molecule has 1 nitrogen and oxygen atoms in total. The van der Waals surface area contributed by atoms with Gasteiger partial charge in [0, 0.05) is 5.56 Å². The Bertz CT molecular complexity index is 571. The Morgan fingerprint density at radius 3 is 1.78 bits per heavy atom. The summed E-state index contributed by atoms with van der Waals surface area (Å²) in [6.45, 7) is 1.62. The van der Waals surface area contributed by atoms with E-state index in [4.69, 9.17) is 0 Å². The Hall–Kier alpha value is -2.22. The second kappa shape index (κ2) is 5.41. The van der Waals surface area contributed by atoms with Gasteiger partial charge in [0.05, 0.1) is 0 Å². The van der Waals surface area contributed by atoms with Crippen molar-refractivity contribution in [1.29, 1.82) is 0 Å². The fourth-order valence-electron chi connectivity index (χ4n) is 1.70. The summed E-state index contributed by atoms with van der Waals surface area (Å²) in [5.41, 5.74) is 1.45. The van der Waals surface area contributed by atoms with Crippen LogP contribution in [0.15, 0.2) is 66.5 Å². The summed E-state index contributed by atoms with van der Waals surface area (Å²) < 4.78 is 14.1. The molecule has 0 atom stereocenters. The van der Waals surface area contributed by atoms with Crippen LogP contribution in [-0.2, 0) is 0 Å². The Kier molecular flexibility index (Phi) is 3.68. The number of carbonyl (C=O) groups excluding carboxylic acids is 1. The summed E-state index contributed by atoms with van der Waals surface area (Å²) in [7, 11) is 0. The molecule has 18 heavy (non-hydrogen) atoms. The van der Waals surface area contributed by atoms with Crippen LogP contribution in [0, 0.1) is 0 Å². The van der Waals surface area contributed by atoms with Gasteiger partial charge in [0.15, 0.2) is 5.83 Å². The first-order valence-corrected chi connectivity index (χ1v) is 5.71. The van der Waals surface area contributed by atoms with Gasteiger partial charge < -0.3 is 0 Å². The summed E-state index contributed by atoms with van der Waals surface area (Å²) in [4.78, 5) is 11.9. The molecule has 90 valence electrons. The molecule has 0 N–H and O–H groups in total. The molecule has 0 radical (unpaired) electrons. The lowest BCUT2D eigenvalue weighted by molar-refractivity contribution is 0.101. The minimum absolute atomic E-state index is 0.365. The Morgan fingerprint density at radius 2 is 1.28 bits per heavy atom. The molecule has 0 bridgehead atoms. The van der Waals surface area contributed by atoms with Gasteiger partial charge in [-0.05, 0) is 18.1 Å². The molecule has 0 aromatic heterocycles. The minimum Gasteiger partial charge on any atom is -0.286 e. The maximum atomic E-state index is 14.1. The highest BCUT2D eigenvalue weighted by atomic mass is 19.1. The largest absolute Gasteiger partial charge is 0.286 e. The van der Waals surface area contributed by atoms with Crippen molar-refractivity contribution in [2.75, 3.05) is 0 Å². The molecule has 2 heteroatoms. The number of carbonyl (C=O) groups is 1. The maximum Gasteiger partial charge on any atom is 0.221 e. The van der Waals surface area contributed by atoms with Crippen LogP contribution in [0.4, 0.5) is 4.39 Å². The van der Waals surface area contributed by atoms with Crippen LogP contribution in [0.1, 0.15) is 22.8 Å². The molecule has 0 fully saturated rings. The van der Waals surface area contributed by atoms with E-state index in [0.29, 0.717) is 11.1 Å². The molecule has 0 heterocycles. The average molecular weight is 240 g/mol. The van der Waals surface area contributed by atoms with Gasteiger partial charge in [0.1, 0.15) is 0 Å². The van der Waals surface area contributed by atoms with Crippen molar-refractivity contribution < 1.29 is 9.18 Å². The third-order valence-corrected chi connectivity index (χ3v) is 2.77. The second-order valence-corrected chi connectivity index (χ2v) is 4.00. The lowest BCUT2D eigenvalue weighted by atomic mass is 10.0. The number of allylic oxidation sites excluding steroid dienone is 2. The highest BCUT2D eigenvalue weighted by molar-refractivity contribution is 6.11. The zero-order valence-electron chi connectivity index (χ0n) is 10.1. The molecule has 0 unspecified atom stereocenters. The Labute approximate surface area is 106 Å². The average Bonchev–Trinajstić information content (AvgIpc) is 2.47. The molecule has 0 saturated heterocycles. The van der Waals surface area contributed by atoms with E-state index in [0.717, 1.165) is 5.56 Å². The van der Waals surface area contributed by atoms with Crippen LogP contribution in [0.25, 0.3) is 5.57 Å². The third kappa shape index (κ3) is 2.54. The fourth-order valence-corrected chi connectivity index (χ4v) is 1.70. The van der Waals surface area contributed by atoms with Gasteiger partial charge in [0.25, 0.3) is 0 Å². The quantitative estimate of drug-likeness (QED) is 0.578. The van der Waals surface area contributed by atoms with Crippen LogP contribution in [0.2, 0.25) is 0 Å². The summed E-state index contributed by atoms with van der Waals surface area (Å²) in [5, 5.41) is 0. The van der Waals surface area contributed by atoms with Crippen LogP contribution in [0.5, 0.6) is 0 Å². The second-order valence-electron chi connectivity index (χ2n) is 4.00. The number of halogens is 1. The topological polar surface area (TPSA) is 17.1 Å². The van der Waals surface area contributed by atoms with Gasteiger partial charge >= 0.3 is 0 Å². The number of rotatable bonds is 3. The molecule has 0 amide bonds. The van der Waals surface area contributed by atoms with Gasteiger partial charge in [-0.15, -0.1) is 0 Å². The summed E-state index contributed by atoms with van der Waals surface area (Å²) in [6.07, 6.45) is 0. The van der Waals surface area contributed by atoms with E-state index in [-0.39, 0.29) is 0 Å². The van der Waals surface area contributed by atoms with E-state index in [1.807, 2.05) is 18.2 Å². The van der Waals surface area contributed by atoms with E-state index in [1.165, 1.54) is 0 Å². The first kappa shape index (κ1) is 12.2. The van der Waals surface area contributed by atoms with Crippen LogP contribution < -0.4 is 0 Å². The van der Waals surface area contributed by atoms with Crippen molar-refractivity contribution in [3.8, 4) is 0 Å². The van der Waals surface area contributed by atoms with Crippen molar-refractivity contribution >= 4 is 11.4 Å². The normalized spacial score (nSPS) is 11.9. The number of hydrogen-bond donors (Lipinski definition) is 0. The molecule has 0 aliphatic carbocycles. The van der Waals surface area contributed by atoms with E-state index in [1.54, 1.807) is 49.4 Å². The maximum absolute atomic E-state index is 14.1. The predicted molar refractivity (Wildman–Crippen MR) is 70.9 cm³/mol. The van der Waals surface area contributed by atoms with Crippen molar-refractivity contribution in [3.63, 3.8) is 0 Å². The molecule has 0 aliphatic rings. The van der Waals surface area contributed by atoms with E-state index in [9.17, 15) is 9.18 Å². The third-order valence-electron chi connectivity index (χ3n) is 2.77. The molecular weight excluding hydrogens is 227 g/mol. The molecule has 0 aliphatic heterocycles. The molecule has 0 spiro atoms. The molecule has 2 rings (SSSR count). The Morgan fingerprint density at radius 1 is 0.833 bits per heavy atom. The standard InChI is InChI=1S/C16H13FO/c1-12(13-8-4-2-5-9-13)15(17)16(18)14-10-6-3-7-11-14/h2-11H,1H3. The zero-order chi connectivity index (χ0) is 13.0. The lowest BCUT2D eigenvalue weighted by Gasteiger charge is -2.04. The van der Waals surface area contributed by atoms with E-state index < -0.39 is 11.6 Å². The number of ketones is 1. The van der Waals surface area contributed by atoms with Crippen LogP contribution >= 0.6 is 0 Å². The van der Waals surface area contributed by atoms with Gasteiger partial charge in [0.2, 0.25) is 5.78 Å². The highest BCUT2D eigenvalue weighted by Crippen LogP contribution is 2.21. The Balaban J connectivity index is 2.37. The van der Waals surface area contributed by atoms with Gasteiger partial charge in [-0.3, -0.25) is 4.79 Å². The summed E-state index contributed by atoms with van der Waals surface area (Å²) in [5.74, 6) is -1.27. The first-order valence-electron chi connectivity index (χ1n) is 5.71. The van der Waals surface area contributed by atoms with Crippen molar-refractivity contribution in [2.24, 2.45) is 0 Å². The van der Waals surface area contributed by atoms with Gasteiger partial charge in [-0.2, -0.15) is 0 Å². The van der Waals surface area contributed by atoms with Crippen LogP contribution in [0.3, 0.4) is 0 Å². The first-order chi connectivity index (χ1) is 8.70. The SMILES string of the molecule is CC(=C(F)C(=O)c1ccccc1)c1ccccc1. The van der Waals surface area contributed by atoms with Crippen molar-refractivity contribution in [2.45, 2.75) is 6.92 Å². The van der Waals surface area contributed by atoms with E-state index >= 15 is 0 Å². The number of hydrogen-bond acceptors (Lipinski definition) is 1. The van der Waals surface area contributed by atoms with Crippen molar-refractivity contribution in [1.82, 2.24) is 0 Å². The molecular formula is C16H13FO.